The van der Waals surface area contributed by atoms with Crippen molar-refractivity contribution in [3.05, 3.63) is 29.3 Å². The third-order valence-corrected chi connectivity index (χ3v) is 4.71. The summed E-state index contributed by atoms with van der Waals surface area (Å²) in [4.78, 5) is 2.35. The van der Waals surface area contributed by atoms with Crippen LogP contribution in [0.1, 0.15) is 36.8 Å². The van der Waals surface area contributed by atoms with E-state index in [1.807, 2.05) is 0 Å². The average molecular weight is 262 g/mol. The van der Waals surface area contributed by atoms with Gasteiger partial charge in [0.25, 0.3) is 0 Å². The Bertz CT molecular complexity index is 436. The van der Waals surface area contributed by atoms with E-state index in [9.17, 15) is 5.11 Å². The summed E-state index contributed by atoms with van der Waals surface area (Å²) in [7, 11) is 2.15. The molecular formula is C16H26N2O. The molecule has 1 saturated carbocycles. The van der Waals surface area contributed by atoms with Gasteiger partial charge >= 0.3 is 0 Å². The van der Waals surface area contributed by atoms with Crippen molar-refractivity contribution >= 4 is 5.69 Å². The summed E-state index contributed by atoms with van der Waals surface area (Å²) in [6.45, 7) is 4.68. The van der Waals surface area contributed by atoms with Gasteiger partial charge in [0.05, 0.1) is 5.60 Å². The molecule has 3 N–H and O–H groups in total. The lowest BCUT2D eigenvalue weighted by molar-refractivity contribution is 0.00800. The molecule has 0 bridgehead atoms. The van der Waals surface area contributed by atoms with Crippen LogP contribution in [0, 0.1) is 13.8 Å². The quantitative estimate of drug-likeness (QED) is 0.879. The van der Waals surface area contributed by atoms with Gasteiger partial charge in [-0.3, -0.25) is 0 Å². The molecule has 106 valence electrons. The zero-order valence-corrected chi connectivity index (χ0v) is 12.3. The van der Waals surface area contributed by atoms with E-state index in [4.69, 9.17) is 5.73 Å². The van der Waals surface area contributed by atoms with Gasteiger partial charge in [-0.2, -0.15) is 0 Å². The number of anilines is 1. The van der Waals surface area contributed by atoms with E-state index in [0.717, 1.165) is 25.7 Å². The Morgan fingerprint density at radius 3 is 2.42 bits per heavy atom. The van der Waals surface area contributed by atoms with Crippen LogP contribution in [0.15, 0.2) is 18.2 Å². The molecule has 1 aliphatic carbocycles. The number of rotatable bonds is 3. The second-order valence-corrected chi connectivity index (χ2v) is 6.04. The molecule has 0 heterocycles. The van der Waals surface area contributed by atoms with Crippen LogP contribution in [-0.4, -0.2) is 30.3 Å². The largest absolute Gasteiger partial charge is 0.389 e. The number of nitrogens with zero attached hydrogens (tertiary/aromatic N) is 1. The zero-order valence-electron chi connectivity index (χ0n) is 12.3. The summed E-state index contributed by atoms with van der Waals surface area (Å²) in [5.41, 5.74) is 8.95. The molecule has 0 spiro atoms. The second-order valence-electron chi connectivity index (χ2n) is 6.04. The lowest BCUT2D eigenvalue weighted by atomic mass is 9.81. The third kappa shape index (κ3) is 3.10. The molecule has 0 aliphatic heterocycles. The van der Waals surface area contributed by atoms with E-state index in [-0.39, 0.29) is 0 Å². The van der Waals surface area contributed by atoms with E-state index in [1.54, 1.807) is 0 Å². The fourth-order valence-electron chi connectivity index (χ4n) is 2.89. The molecule has 0 aromatic heterocycles. The fourth-order valence-corrected chi connectivity index (χ4v) is 2.89. The summed E-state index contributed by atoms with van der Waals surface area (Å²) >= 11 is 0. The maximum absolute atomic E-state index is 10.2. The molecule has 0 amide bonds. The van der Waals surface area contributed by atoms with Gasteiger partial charge in [-0.05, 0) is 62.8 Å². The van der Waals surface area contributed by atoms with Crippen LogP contribution < -0.4 is 10.6 Å². The van der Waals surface area contributed by atoms with Crippen LogP contribution in [0.3, 0.4) is 0 Å². The minimum atomic E-state index is -0.624. The first-order valence-corrected chi connectivity index (χ1v) is 7.18. The Hall–Kier alpha value is -1.06. The fraction of sp³-hybridized carbons (Fsp3) is 0.625. The Morgan fingerprint density at radius 2 is 1.89 bits per heavy atom. The van der Waals surface area contributed by atoms with Gasteiger partial charge in [0.2, 0.25) is 0 Å². The Morgan fingerprint density at radius 1 is 1.26 bits per heavy atom. The molecule has 19 heavy (non-hydrogen) atoms. The molecule has 1 fully saturated rings. The van der Waals surface area contributed by atoms with E-state index >= 15 is 0 Å². The number of aliphatic hydroxyl groups is 1. The second kappa shape index (κ2) is 5.51. The van der Waals surface area contributed by atoms with Crippen LogP contribution in [-0.2, 0) is 0 Å². The lowest BCUT2D eigenvalue weighted by Gasteiger charge is -2.40. The molecule has 2 rings (SSSR count). The molecule has 0 atom stereocenters. The van der Waals surface area contributed by atoms with Gasteiger partial charge in [-0.25, -0.2) is 0 Å². The lowest BCUT2D eigenvalue weighted by Crippen LogP contribution is -2.46. The summed E-state index contributed by atoms with van der Waals surface area (Å²) in [6, 6.07) is 7.12. The minimum Gasteiger partial charge on any atom is -0.389 e. The van der Waals surface area contributed by atoms with Crippen molar-refractivity contribution in [1.29, 1.82) is 0 Å². The summed E-state index contributed by atoms with van der Waals surface area (Å²) in [5, 5.41) is 10.2. The molecule has 1 aromatic carbocycles. The van der Waals surface area contributed by atoms with Crippen molar-refractivity contribution in [2.75, 3.05) is 18.5 Å². The van der Waals surface area contributed by atoms with Crippen LogP contribution in [0.25, 0.3) is 0 Å². The molecule has 0 radical (unpaired) electrons. The first kappa shape index (κ1) is 14.4. The van der Waals surface area contributed by atoms with E-state index in [1.165, 1.54) is 16.8 Å². The van der Waals surface area contributed by atoms with Crippen molar-refractivity contribution in [1.82, 2.24) is 0 Å². The van der Waals surface area contributed by atoms with Crippen LogP contribution in [0.4, 0.5) is 5.69 Å². The van der Waals surface area contributed by atoms with Gasteiger partial charge in [-0.15, -0.1) is 0 Å². The summed E-state index contributed by atoms with van der Waals surface area (Å²) in [5.74, 6) is 0. The molecule has 3 heteroatoms. The third-order valence-electron chi connectivity index (χ3n) is 4.71. The van der Waals surface area contributed by atoms with Crippen molar-refractivity contribution in [3.8, 4) is 0 Å². The van der Waals surface area contributed by atoms with E-state index in [2.05, 4.69) is 44.0 Å². The Balaban J connectivity index is 2.05. The highest BCUT2D eigenvalue weighted by Gasteiger charge is 2.33. The number of benzene rings is 1. The normalized spacial score (nSPS) is 27.3. The van der Waals surface area contributed by atoms with Gasteiger partial charge in [0, 0.05) is 25.3 Å². The molecule has 1 aromatic rings. The van der Waals surface area contributed by atoms with Crippen LogP contribution in [0.2, 0.25) is 0 Å². The van der Waals surface area contributed by atoms with Crippen molar-refractivity contribution in [2.24, 2.45) is 5.73 Å². The van der Waals surface area contributed by atoms with Crippen molar-refractivity contribution in [2.45, 2.75) is 51.2 Å². The van der Waals surface area contributed by atoms with Crippen LogP contribution in [0.5, 0.6) is 0 Å². The highest BCUT2D eigenvalue weighted by molar-refractivity contribution is 5.50. The predicted octanol–water partition coefficient (Wildman–Crippen LogP) is 2.37. The van der Waals surface area contributed by atoms with E-state index < -0.39 is 5.60 Å². The first-order chi connectivity index (χ1) is 8.95. The SMILES string of the molecule is Cc1ccc(N(C)C2CCC(O)(CN)CC2)cc1C. The standard InChI is InChI=1S/C16H26N2O/c1-12-4-5-15(10-13(12)2)18(3)14-6-8-16(19,11-17)9-7-14/h4-5,10,14,19H,6-9,11,17H2,1-3H3. The topological polar surface area (TPSA) is 49.5 Å². The molecule has 0 unspecified atom stereocenters. The van der Waals surface area contributed by atoms with Crippen molar-refractivity contribution in [3.63, 3.8) is 0 Å². The maximum Gasteiger partial charge on any atom is 0.0770 e. The van der Waals surface area contributed by atoms with Gasteiger partial charge in [-0.1, -0.05) is 6.07 Å². The number of hydrogen-bond donors (Lipinski definition) is 2. The monoisotopic (exact) mass is 262 g/mol. The van der Waals surface area contributed by atoms with Gasteiger partial charge in [0.1, 0.15) is 0 Å². The van der Waals surface area contributed by atoms with Gasteiger partial charge in [0.15, 0.2) is 0 Å². The molecule has 1 aliphatic rings. The highest BCUT2D eigenvalue weighted by Crippen LogP contribution is 2.32. The average Bonchev–Trinajstić information content (AvgIpc) is 2.42. The number of aryl methyl sites for hydroxylation is 2. The van der Waals surface area contributed by atoms with Gasteiger partial charge < -0.3 is 15.7 Å². The maximum atomic E-state index is 10.2. The minimum absolute atomic E-state index is 0.382. The number of nitrogens with two attached hydrogens (primary N) is 1. The van der Waals surface area contributed by atoms with Crippen molar-refractivity contribution < 1.29 is 5.11 Å². The Kier molecular flexibility index (Phi) is 4.16. The molecular weight excluding hydrogens is 236 g/mol. The smallest absolute Gasteiger partial charge is 0.0770 e. The zero-order chi connectivity index (χ0) is 14.0. The summed E-state index contributed by atoms with van der Waals surface area (Å²) < 4.78 is 0. The summed E-state index contributed by atoms with van der Waals surface area (Å²) in [6.07, 6.45) is 3.64. The molecule has 3 nitrogen and oxygen atoms in total. The highest BCUT2D eigenvalue weighted by atomic mass is 16.3. The first-order valence-electron chi connectivity index (χ1n) is 7.18. The number of hydrogen-bond acceptors (Lipinski definition) is 3. The van der Waals surface area contributed by atoms with Crippen LogP contribution >= 0.6 is 0 Å². The molecule has 0 saturated heterocycles. The van der Waals surface area contributed by atoms with E-state index in [0.29, 0.717) is 12.6 Å². The predicted molar refractivity (Wildman–Crippen MR) is 80.6 cm³/mol. The Labute approximate surface area is 116 Å².